The molecule has 0 bridgehead atoms. The third-order valence-electron chi connectivity index (χ3n) is 4.43. The molecule has 0 radical (unpaired) electrons. The van der Waals surface area contributed by atoms with Crippen LogP contribution in [0.3, 0.4) is 0 Å². The Bertz CT molecular complexity index is 1250. The number of ether oxygens (including phenoxy) is 2. The molecule has 7 heteroatoms. The van der Waals surface area contributed by atoms with Gasteiger partial charge in [0.15, 0.2) is 5.70 Å². The molecule has 1 aliphatic heterocycles. The molecule has 0 saturated carbocycles. The molecule has 154 valence electrons. The van der Waals surface area contributed by atoms with Crippen molar-refractivity contribution in [2.24, 2.45) is 4.99 Å². The maximum atomic E-state index is 12.3. The van der Waals surface area contributed by atoms with Crippen molar-refractivity contribution >= 4 is 62.4 Å². The van der Waals surface area contributed by atoms with Gasteiger partial charge in [0.25, 0.3) is 0 Å². The predicted octanol–water partition coefficient (Wildman–Crippen LogP) is 5.93. The number of aliphatic imine (C=N–C) groups is 1. The number of hydrogen-bond acceptors (Lipinski definition) is 5. The molecule has 1 heterocycles. The quantitative estimate of drug-likeness (QED) is 0.164. The first kappa shape index (κ1) is 21.5. The number of nitrogens with zero attached hydrogens (tertiary/aromatic N) is 1. The minimum atomic E-state index is -0.514. The predicted molar refractivity (Wildman–Crippen MR) is 130 cm³/mol. The van der Waals surface area contributed by atoms with Crippen LogP contribution in [0.2, 0.25) is 0 Å². The smallest absolute Gasteiger partial charge is 0.363 e. The van der Waals surface area contributed by atoms with E-state index < -0.39 is 11.9 Å². The second kappa shape index (κ2) is 9.15. The van der Waals surface area contributed by atoms with Crippen LogP contribution < -0.4 is 4.74 Å². The Balaban J connectivity index is 1.50. The summed E-state index contributed by atoms with van der Waals surface area (Å²) in [6, 6.07) is 19.6. The van der Waals surface area contributed by atoms with Crippen LogP contribution in [-0.4, -0.2) is 17.8 Å². The fraction of sp³-hybridized carbons (Fsp3) is 0.0417. The Kier molecular flexibility index (Phi) is 6.33. The number of carbonyl (C=O) groups is 2. The van der Waals surface area contributed by atoms with E-state index in [1.54, 1.807) is 42.5 Å². The zero-order valence-electron chi connectivity index (χ0n) is 16.3. The summed E-state index contributed by atoms with van der Waals surface area (Å²) in [5.74, 6) is -0.264. The topological polar surface area (TPSA) is 65.0 Å². The maximum absolute atomic E-state index is 12.3. The van der Waals surface area contributed by atoms with Crippen molar-refractivity contribution in [3.05, 3.63) is 103 Å². The molecule has 0 amide bonds. The van der Waals surface area contributed by atoms with Gasteiger partial charge in [0.1, 0.15) is 5.75 Å². The molecular weight excluding hydrogens is 573 g/mol. The van der Waals surface area contributed by atoms with E-state index in [2.05, 4.69) is 43.5 Å². The zero-order chi connectivity index (χ0) is 22.0. The van der Waals surface area contributed by atoms with E-state index >= 15 is 0 Å². The van der Waals surface area contributed by atoms with Crippen LogP contribution in [0.5, 0.6) is 5.75 Å². The van der Waals surface area contributed by atoms with Gasteiger partial charge >= 0.3 is 11.9 Å². The van der Waals surface area contributed by atoms with Gasteiger partial charge in [-0.2, -0.15) is 0 Å². The lowest BCUT2D eigenvalue weighted by Gasteiger charge is -2.05. The van der Waals surface area contributed by atoms with Gasteiger partial charge in [-0.1, -0.05) is 29.8 Å². The second-order valence-electron chi connectivity index (χ2n) is 6.79. The molecule has 0 N–H and O–H groups in total. The molecule has 0 aliphatic carbocycles. The van der Waals surface area contributed by atoms with Crippen LogP contribution in [0.15, 0.2) is 81.9 Å². The van der Waals surface area contributed by atoms with Crippen LogP contribution in [0, 0.1) is 10.5 Å². The molecular formula is C24H15BrINO4. The minimum absolute atomic E-state index is 0.203. The number of halogens is 2. The lowest BCUT2D eigenvalue weighted by atomic mass is 10.1. The summed E-state index contributed by atoms with van der Waals surface area (Å²) in [6.45, 7) is 1.92. The number of benzene rings is 3. The van der Waals surface area contributed by atoms with Crippen LogP contribution >= 0.6 is 38.5 Å². The first-order chi connectivity index (χ1) is 14.9. The van der Waals surface area contributed by atoms with E-state index in [0.717, 1.165) is 19.2 Å². The van der Waals surface area contributed by atoms with Crippen LogP contribution in [0.4, 0.5) is 0 Å². The van der Waals surface area contributed by atoms with Gasteiger partial charge in [-0.15, -0.1) is 0 Å². The van der Waals surface area contributed by atoms with E-state index in [1.165, 1.54) is 0 Å². The van der Waals surface area contributed by atoms with Gasteiger partial charge < -0.3 is 9.47 Å². The molecule has 4 rings (SSSR count). The summed E-state index contributed by atoms with van der Waals surface area (Å²) < 4.78 is 12.7. The molecule has 0 unspecified atom stereocenters. The standard InChI is InChI=1S/C24H15BrINO4/c1-14-3-2-4-17(11-14)23(28)30-18-8-5-15(6-9-18)12-21-24(29)31-22(27-21)16-7-10-20(26)19(25)13-16/h2-13H,1H3/b21-12-. The zero-order valence-corrected chi connectivity index (χ0v) is 20.0. The first-order valence-electron chi connectivity index (χ1n) is 9.26. The van der Waals surface area contributed by atoms with Crippen molar-refractivity contribution in [1.29, 1.82) is 0 Å². The first-order valence-corrected chi connectivity index (χ1v) is 11.1. The highest BCUT2D eigenvalue weighted by molar-refractivity contribution is 14.1. The molecule has 5 nitrogen and oxygen atoms in total. The van der Waals surface area contributed by atoms with Crippen LogP contribution in [0.1, 0.15) is 27.0 Å². The molecule has 3 aromatic carbocycles. The molecule has 0 spiro atoms. The van der Waals surface area contributed by atoms with Crippen molar-refractivity contribution in [2.45, 2.75) is 6.92 Å². The molecule has 0 saturated heterocycles. The second-order valence-corrected chi connectivity index (χ2v) is 8.81. The molecule has 3 aromatic rings. The highest BCUT2D eigenvalue weighted by atomic mass is 127. The van der Waals surface area contributed by atoms with Crippen molar-refractivity contribution < 1.29 is 19.1 Å². The van der Waals surface area contributed by atoms with Crippen molar-refractivity contribution in [2.75, 3.05) is 0 Å². The fourth-order valence-electron chi connectivity index (χ4n) is 2.89. The summed E-state index contributed by atoms with van der Waals surface area (Å²) >= 11 is 5.67. The van der Waals surface area contributed by atoms with Crippen LogP contribution in [-0.2, 0) is 9.53 Å². The third-order valence-corrected chi connectivity index (χ3v) is 6.77. The Morgan fingerprint density at radius 1 is 1.10 bits per heavy atom. The van der Waals surface area contributed by atoms with Gasteiger partial charge in [-0.05, 0) is 99.5 Å². The summed E-state index contributed by atoms with van der Waals surface area (Å²) in [7, 11) is 0. The minimum Gasteiger partial charge on any atom is -0.423 e. The fourth-order valence-corrected chi connectivity index (χ4v) is 3.60. The summed E-state index contributed by atoms with van der Waals surface area (Å²) in [4.78, 5) is 28.8. The number of carbonyl (C=O) groups excluding carboxylic acids is 2. The SMILES string of the molecule is Cc1cccc(C(=O)Oc2ccc(/C=C3\N=C(c4ccc(I)c(Br)c4)OC3=O)cc2)c1. The average Bonchev–Trinajstić information content (AvgIpc) is 3.11. The van der Waals surface area contributed by atoms with Gasteiger partial charge in [-0.25, -0.2) is 14.6 Å². The third kappa shape index (κ3) is 5.11. The Labute approximate surface area is 201 Å². The molecule has 31 heavy (non-hydrogen) atoms. The Morgan fingerprint density at radius 3 is 2.58 bits per heavy atom. The number of hydrogen-bond donors (Lipinski definition) is 0. The number of esters is 2. The van der Waals surface area contributed by atoms with E-state index in [0.29, 0.717) is 16.9 Å². The van der Waals surface area contributed by atoms with Gasteiger partial charge in [0, 0.05) is 13.6 Å². The number of aryl methyl sites for hydroxylation is 1. The van der Waals surface area contributed by atoms with Crippen molar-refractivity contribution in [1.82, 2.24) is 0 Å². The summed E-state index contributed by atoms with van der Waals surface area (Å²) in [6.07, 6.45) is 1.63. The normalized spacial score (nSPS) is 14.4. The largest absolute Gasteiger partial charge is 0.423 e. The summed E-state index contributed by atoms with van der Waals surface area (Å²) in [5, 5.41) is 0. The number of cyclic esters (lactones) is 1. The van der Waals surface area contributed by atoms with Gasteiger partial charge in [0.05, 0.1) is 5.56 Å². The van der Waals surface area contributed by atoms with E-state index in [-0.39, 0.29) is 11.6 Å². The lowest BCUT2D eigenvalue weighted by Crippen LogP contribution is -2.08. The highest BCUT2D eigenvalue weighted by Gasteiger charge is 2.24. The summed E-state index contributed by atoms with van der Waals surface area (Å²) in [5.41, 5.74) is 3.12. The maximum Gasteiger partial charge on any atom is 0.363 e. The van der Waals surface area contributed by atoms with Crippen molar-refractivity contribution in [3.8, 4) is 5.75 Å². The lowest BCUT2D eigenvalue weighted by molar-refractivity contribution is -0.129. The van der Waals surface area contributed by atoms with Gasteiger partial charge in [0.2, 0.25) is 5.90 Å². The molecule has 0 aromatic heterocycles. The Hall–Kier alpha value is -2.78. The number of rotatable bonds is 4. The van der Waals surface area contributed by atoms with Gasteiger partial charge in [-0.3, -0.25) is 0 Å². The van der Waals surface area contributed by atoms with Crippen molar-refractivity contribution in [3.63, 3.8) is 0 Å². The highest BCUT2D eigenvalue weighted by Crippen LogP contribution is 2.25. The molecule has 0 atom stereocenters. The van der Waals surface area contributed by atoms with E-state index in [1.807, 2.05) is 37.3 Å². The molecule has 0 fully saturated rings. The Morgan fingerprint density at radius 2 is 1.87 bits per heavy atom. The van der Waals surface area contributed by atoms with E-state index in [9.17, 15) is 9.59 Å². The average molecular weight is 588 g/mol. The monoisotopic (exact) mass is 587 g/mol. The van der Waals surface area contributed by atoms with E-state index in [4.69, 9.17) is 9.47 Å². The molecule has 1 aliphatic rings. The van der Waals surface area contributed by atoms with Crippen LogP contribution in [0.25, 0.3) is 6.08 Å².